The van der Waals surface area contributed by atoms with Crippen molar-refractivity contribution in [2.75, 3.05) is 13.7 Å². The Hall–Kier alpha value is -1.51. The van der Waals surface area contributed by atoms with Crippen LogP contribution in [0.4, 0.5) is 0 Å². The van der Waals surface area contributed by atoms with Gasteiger partial charge < -0.3 is 9.47 Å². The lowest BCUT2D eigenvalue weighted by atomic mass is 10.1. The van der Waals surface area contributed by atoms with E-state index in [1.807, 2.05) is 0 Å². The summed E-state index contributed by atoms with van der Waals surface area (Å²) in [4.78, 5) is 11.8. The Kier molecular flexibility index (Phi) is 11.0. The zero-order chi connectivity index (χ0) is 16.8. The lowest BCUT2D eigenvalue weighted by Gasteiger charge is -2.06. The van der Waals surface area contributed by atoms with Crippen molar-refractivity contribution in [1.29, 1.82) is 0 Å². The second-order valence-corrected chi connectivity index (χ2v) is 6.05. The third-order valence-electron chi connectivity index (χ3n) is 4.06. The van der Waals surface area contributed by atoms with Crippen molar-refractivity contribution in [3.05, 3.63) is 29.8 Å². The van der Waals surface area contributed by atoms with Crippen LogP contribution in [0.2, 0.25) is 0 Å². The van der Waals surface area contributed by atoms with E-state index in [0.29, 0.717) is 12.2 Å². The van der Waals surface area contributed by atoms with Gasteiger partial charge in [-0.2, -0.15) is 0 Å². The predicted octanol–water partition coefficient (Wildman–Crippen LogP) is 5.77. The van der Waals surface area contributed by atoms with Crippen LogP contribution in [0, 0.1) is 0 Å². The topological polar surface area (TPSA) is 35.5 Å². The van der Waals surface area contributed by atoms with Crippen molar-refractivity contribution < 1.29 is 14.3 Å². The van der Waals surface area contributed by atoms with Crippen molar-refractivity contribution in [2.24, 2.45) is 0 Å². The van der Waals surface area contributed by atoms with Gasteiger partial charge in [0.2, 0.25) is 0 Å². The second kappa shape index (κ2) is 13.0. The highest BCUT2D eigenvalue weighted by Gasteiger charge is 2.06. The number of hydrogen-bond acceptors (Lipinski definition) is 3. The molecule has 0 saturated carbocycles. The van der Waals surface area contributed by atoms with Crippen LogP contribution in [0.1, 0.15) is 81.5 Å². The molecule has 1 rings (SSSR count). The van der Waals surface area contributed by atoms with Crippen LogP contribution in [0.25, 0.3) is 0 Å². The number of benzene rings is 1. The molecule has 0 spiro atoms. The molecule has 0 aliphatic heterocycles. The molecule has 23 heavy (non-hydrogen) atoms. The summed E-state index contributed by atoms with van der Waals surface area (Å²) in [6, 6.07) is 7.02. The number of ether oxygens (including phenoxy) is 2. The van der Waals surface area contributed by atoms with E-state index in [2.05, 4.69) is 6.92 Å². The standard InChI is InChI=1S/C20H32O3/c1-3-4-5-6-7-8-9-10-11-12-17-23-20(21)18-13-15-19(22-2)16-14-18/h13-16H,3-12,17H2,1-2H3. The minimum atomic E-state index is -0.247. The average molecular weight is 320 g/mol. The molecule has 3 heteroatoms. The molecule has 0 aliphatic carbocycles. The van der Waals surface area contributed by atoms with E-state index < -0.39 is 0 Å². The molecule has 0 aromatic heterocycles. The Morgan fingerprint density at radius 2 is 1.35 bits per heavy atom. The molecule has 1 aromatic rings. The number of carbonyl (C=O) groups excluding carboxylic acids is 1. The van der Waals surface area contributed by atoms with Crippen LogP contribution in [0.15, 0.2) is 24.3 Å². The summed E-state index contributed by atoms with van der Waals surface area (Å²) >= 11 is 0. The largest absolute Gasteiger partial charge is 0.497 e. The summed E-state index contributed by atoms with van der Waals surface area (Å²) < 4.78 is 10.4. The molecule has 0 heterocycles. The van der Waals surface area contributed by atoms with Crippen molar-refractivity contribution >= 4 is 5.97 Å². The van der Waals surface area contributed by atoms with E-state index in [4.69, 9.17) is 9.47 Å². The van der Waals surface area contributed by atoms with E-state index in [-0.39, 0.29) is 5.97 Å². The fourth-order valence-corrected chi connectivity index (χ4v) is 2.56. The summed E-state index contributed by atoms with van der Waals surface area (Å²) in [6.45, 7) is 2.77. The first-order valence-electron chi connectivity index (χ1n) is 9.09. The first-order valence-corrected chi connectivity index (χ1v) is 9.09. The van der Waals surface area contributed by atoms with E-state index in [9.17, 15) is 4.79 Å². The number of rotatable bonds is 13. The molecular weight excluding hydrogens is 288 g/mol. The molecule has 0 N–H and O–H groups in total. The highest BCUT2D eigenvalue weighted by Crippen LogP contribution is 2.13. The van der Waals surface area contributed by atoms with Gasteiger partial charge in [-0.1, -0.05) is 64.7 Å². The maximum Gasteiger partial charge on any atom is 0.338 e. The summed E-state index contributed by atoms with van der Waals surface area (Å²) in [7, 11) is 1.61. The Bertz CT molecular complexity index is 411. The molecule has 0 aliphatic rings. The van der Waals surface area contributed by atoms with Crippen molar-refractivity contribution in [3.8, 4) is 5.75 Å². The number of hydrogen-bond donors (Lipinski definition) is 0. The second-order valence-electron chi connectivity index (χ2n) is 6.05. The number of carbonyl (C=O) groups is 1. The van der Waals surface area contributed by atoms with Gasteiger partial charge in [0.15, 0.2) is 0 Å². The van der Waals surface area contributed by atoms with Gasteiger partial charge in [0.05, 0.1) is 19.3 Å². The van der Waals surface area contributed by atoms with Crippen LogP contribution in [-0.4, -0.2) is 19.7 Å². The zero-order valence-corrected chi connectivity index (χ0v) is 14.8. The molecule has 0 radical (unpaired) electrons. The lowest BCUT2D eigenvalue weighted by molar-refractivity contribution is 0.0497. The van der Waals surface area contributed by atoms with Crippen LogP contribution in [-0.2, 0) is 4.74 Å². The third kappa shape index (κ3) is 9.27. The molecule has 0 unspecified atom stereocenters. The molecule has 1 aromatic carbocycles. The van der Waals surface area contributed by atoms with Gasteiger partial charge in [-0.3, -0.25) is 0 Å². The minimum absolute atomic E-state index is 0.247. The van der Waals surface area contributed by atoms with Crippen LogP contribution in [0.5, 0.6) is 5.75 Å². The first kappa shape index (κ1) is 19.5. The summed E-state index contributed by atoms with van der Waals surface area (Å²) in [5.41, 5.74) is 0.581. The Labute approximate surface area is 141 Å². The quantitative estimate of drug-likeness (QED) is 0.342. The number of unbranched alkanes of at least 4 members (excludes halogenated alkanes) is 9. The lowest BCUT2D eigenvalue weighted by Crippen LogP contribution is -2.06. The van der Waals surface area contributed by atoms with Crippen LogP contribution < -0.4 is 4.74 Å². The molecule has 0 atom stereocenters. The monoisotopic (exact) mass is 320 g/mol. The molecule has 130 valence electrons. The maximum absolute atomic E-state index is 11.8. The molecule has 0 fully saturated rings. The van der Waals surface area contributed by atoms with E-state index in [0.717, 1.165) is 18.6 Å². The fraction of sp³-hybridized carbons (Fsp3) is 0.650. The van der Waals surface area contributed by atoms with E-state index in [1.54, 1.807) is 31.4 Å². The highest BCUT2D eigenvalue weighted by atomic mass is 16.5. The predicted molar refractivity (Wildman–Crippen MR) is 95.1 cm³/mol. The highest BCUT2D eigenvalue weighted by molar-refractivity contribution is 5.89. The Morgan fingerprint density at radius 1 is 0.826 bits per heavy atom. The molecule has 0 saturated heterocycles. The van der Waals surface area contributed by atoms with Gasteiger partial charge in [-0.15, -0.1) is 0 Å². The van der Waals surface area contributed by atoms with Gasteiger partial charge in [0.1, 0.15) is 5.75 Å². The van der Waals surface area contributed by atoms with Crippen LogP contribution in [0.3, 0.4) is 0 Å². The molecule has 3 nitrogen and oxygen atoms in total. The summed E-state index contributed by atoms with van der Waals surface area (Å²) in [5.74, 6) is 0.500. The SMILES string of the molecule is CCCCCCCCCCCCOC(=O)c1ccc(OC)cc1. The van der Waals surface area contributed by atoms with Gasteiger partial charge >= 0.3 is 5.97 Å². The average Bonchev–Trinajstić information content (AvgIpc) is 2.59. The normalized spacial score (nSPS) is 10.5. The number of esters is 1. The summed E-state index contributed by atoms with van der Waals surface area (Å²) in [5, 5.41) is 0. The minimum Gasteiger partial charge on any atom is -0.497 e. The van der Waals surface area contributed by atoms with Gasteiger partial charge in [0.25, 0.3) is 0 Å². The third-order valence-corrected chi connectivity index (χ3v) is 4.06. The molecule has 0 bridgehead atoms. The van der Waals surface area contributed by atoms with Gasteiger partial charge in [0, 0.05) is 0 Å². The summed E-state index contributed by atoms with van der Waals surface area (Å²) in [6.07, 6.45) is 12.8. The molecular formula is C20H32O3. The molecule has 0 amide bonds. The fourth-order valence-electron chi connectivity index (χ4n) is 2.56. The van der Waals surface area contributed by atoms with Crippen molar-refractivity contribution in [1.82, 2.24) is 0 Å². The Morgan fingerprint density at radius 3 is 1.87 bits per heavy atom. The van der Waals surface area contributed by atoms with Crippen molar-refractivity contribution in [3.63, 3.8) is 0 Å². The zero-order valence-electron chi connectivity index (χ0n) is 14.8. The number of methoxy groups -OCH3 is 1. The van der Waals surface area contributed by atoms with Gasteiger partial charge in [-0.05, 0) is 30.7 Å². The van der Waals surface area contributed by atoms with Crippen LogP contribution >= 0.6 is 0 Å². The van der Waals surface area contributed by atoms with E-state index >= 15 is 0 Å². The van der Waals surface area contributed by atoms with E-state index in [1.165, 1.54) is 51.4 Å². The van der Waals surface area contributed by atoms with Gasteiger partial charge in [-0.25, -0.2) is 4.79 Å². The first-order chi connectivity index (χ1) is 11.3. The smallest absolute Gasteiger partial charge is 0.338 e. The van der Waals surface area contributed by atoms with Crippen molar-refractivity contribution in [2.45, 2.75) is 71.1 Å². The Balaban J connectivity index is 1.97. The maximum atomic E-state index is 11.8.